The summed E-state index contributed by atoms with van der Waals surface area (Å²) in [6.07, 6.45) is 4.36. The molecule has 0 aliphatic carbocycles. The first-order chi connectivity index (χ1) is 15.5. The van der Waals surface area contributed by atoms with Crippen molar-refractivity contribution in [2.24, 2.45) is 0 Å². The van der Waals surface area contributed by atoms with Crippen molar-refractivity contribution in [3.8, 4) is 0 Å². The highest BCUT2D eigenvalue weighted by atomic mass is 16.2. The zero-order valence-corrected chi connectivity index (χ0v) is 19.0. The maximum absolute atomic E-state index is 12.6. The van der Waals surface area contributed by atoms with Crippen molar-refractivity contribution in [3.05, 3.63) is 65.4 Å². The molecule has 1 saturated heterocycles. The number of carbonyl (C=O) groups excluding carboxylic acids is 2. The van der Waals surface area contributed by atoms with E-state index < -0.39 is 0 Å². The molecular weight excluding hydrogens is 400 g/mol. The molecule has 6 heteroatoms. The third-order valence-electron chi connectivity index (χ3n) is 6.48. The molecule has 0 saturated carbocycles. The summed E-state index contributed by atoms with van der Waals surface area (Å²) in [6.45, 7) is 7.25. The monoisotopic (exact) mass is 432 g/mol. The minimum atomic E-state index is -0.00259. The van der Waals surface area contributed by atoms with Crippen LogP contribution in [0.1, 0.15) is 29.5 Å². The third kappa shape index (κ3) is 5.19. The average Bonchev–Trinajstić information content (AvgIpc) is 3.20. The van der Waals surface area contributed by atoms with Crippen LogP contribution < -0.4 is 5.32 Å². The largest absolute Gasteiger partial charge is 0.361 e. The van der Waals surface area contributed by atoms with Crippen LogP contribution in [0.25, 0.3) is 10.9 Å². The van der Waals surface area contributed by atoms with Gasteiger partial charge in [0, 0.05) is 55.4 Å². The summed E-state index contributed by atoms with van der Waals surface area (Å²) < 4.78 is 0. The first kappa shape index (κ1) is 22.1. The van der Waals surface area contributed by atoms with Gasteiger partial charge in [-0.3, -0.25) is 14.5 Å². The molecule has 0 bridgehead atoms. The first-order valence-electron chi connectivity index (χ1n) is 11.4. The normalized spacial score (nSPS) is 14.6. The number of fused-ring (bicyclic) bond motifs is 1. The molecule has 3 aromatic rings. The number of aryl methyl sites for hydroxylation is 2. The SMILES string of the molecule is Cc1cccc(NC(=O)CN2CCN(C(=O)CCCc3c[nH]c4ccccc34)CC2)c1C. The summed E-state index contributed by atoms with van der Waals surface area (Å²) in [6, 6.07) is 14.2. The van der Waals surface area contributed by atoms with Crippen molar-refractivity contribution in [1.82, 2.24) is 14.8 Å². The van der Waals surface area contributed by atoms with E-state index in [0.29, 0.717) is 26.1 Å². The van der Waals surface area contributed by atoms with Crippen LogP contribution in [0.4, 0.5) is 5.69 Å². The Morgan fingerprint density at radius 1 is 1.00 bits per heavy atom. The van der Waals surface area contributed by atoms with Gasteiger partial charge in [-0.1, -0.05) is 30.3 Å². The number of aromatic amines is 1. The van der Waals surface area contributed by atoms with E-state index in [0.717, 1.165) is 42.7 Å². The number of benzene rings is 2. The van der Waals surface area contributed by atoms with Crippen LogP contribution >= 0.6 is 0 Å². The molecule has 1 fully saturated rings. The Morgan fingerprint density at radius 2 is 1.78 bits per heavy atom. The van der Waals surface area contributed by atoms with Crippen LogP contribution in [-0.2, 0) is 16.0 Å². The summed E-state index contributed by atoms with van der Waals surface area (Å²) in [5.41, 5.74) is 5.56. The molecule has 0 unspecified atom stereocenters. The number of piperazine rings is 1. The lowest BCUT2D eigenvalue weighted by atomic mass is 10.1. The van der Waals surface area contributed by atoms with Crippen LogP contribution in [0.5, 0.6) is 0 Å². The van der Waals surface area contributed by atoms with Gasteiger partial charge in [-0.15, -0.1) is 0 Å². The predicted molar refractivity (Wildman–Crippen MR) is 129 cm³/mol. The fourth-order valence-electron chi connectivity index (χ4n) is 4.36. The van der Waals surface area contributed by atoms with Crippen molar-refractivity contribution in [1.29, 1.82) is 0 Å². The molecule has 0 atom stereocenters. The molecule has 4 rings (SSSR count). The van der Waals surface area contributed by atoms with Crippen molar-refractivity contribution in [2.75, 3.05) is 38.0 Å². The maximum atomic E-state index is 12.6. The van der Waals surface area contributed by atoms with E-state index in [1.165, 1.54) is 16.5 Å². The number of aromatic nitrogens is 1. The van der Waals surface area contributed by atoms with Crippen LogP contribution in [0.15, 0.2) is 48.7 Å². The van der Waals surface area contributed by atoms with E-state index in [2.05, 4.69) is 33.5 Å². The van der Waals surface area contributed by atoms with Gasteiger partial charge in [0.25, 0.3) is 0 Å². The molecule has 1 aliphatic heterocycles. The number of amides is 2. The molecule has 32 heavy (non-hydrogen) atoms. The second kappa shape index (κ2) is 10.0. The molecule has 0 radical (unpaired) electrons. The van der Waals surface area contributed by atoms with Crippen LogP contribution in [-0.4, -0.2) is 59.3 Å². The highest BCUT2D eigenvalue weighted by molar-refractivity contribution is 5.93. The van der Waals surface area contributed by atoms with Gasteiger partial charge in [-0.05, 0) is 55.5 Å². The van der Waals surface area contributed by atoms with Crippen LogP contribution in [0, 0.1) is 13.8 Å². The van der Waals surface area contributed by atoms with Crippen LogP contribution in [0.3, 0.4) is 0 Å². The topological polar surface area (TPSA) is 68.4 Å². The summed E-state index contributed by atoms with van der Waals surface area (Å²) in [4.78, 5) is 32.5. The number of carbonyl (C=O) groups is 2. The number of para-hydroxylation sites is 1. The summed E-state index contributed by atoms with van der Waals surface area (Å²) >= 11 is 0. The summed E-state index contributed by atoms with van der Waals surface area (Å²) in [5, 5.41) is 4.27. The van der Waals surface area contributed by atoms with Gasteiger partial charge in [0.15, 0.2) is 0 Å². The number of nitrogens with zero attached hydrogens (tertiary/aromatic N) is 2. The maximum Gasteiger partial charge on any atom is 0.238 e. The fraction of sp³-hybridized carbons (Fsp3) is 0.385. The van der Waals surface area contributed by atoms with Gasteiger partial charge in [0.2, 0.25) is 11.8 Å². The van der Waals surface area contributed by atoms with Gasteiger partial charge >= 0.3 is 0 Å². The van der Waals surface area contributed by atoms with Gasteiger partial charge in [0.1, 0.15) is 0 Å². The van der Waals surface area contributed by atoms with E-state index in [4.69, 9.17) is 0 Å². The minimum absolute atomic E-state index is 0.00259. The molecule has 1 aliphatic rings. The van der Waals surface area contributed by atoms with Crippen molar-refractivity contribution >= 4 is 28.4 Å². The highest BCUT2D eigenvalue weighted by Gasteiger charge is 2.22. The molecule has 2 N–H and O–H groups in total. The Hall–Kier alpha value is -3.12. The van der Waals surface area contributed by atoms with E-state index in [9.17, 15) is 9.59 Å². The lowest BCUT2D eigenvalue weighted by molar-refractivity contribution is -0.133. The number of rotatable bonds is 7. The van der Waals surface area contributed by atoms with Gasteiger partial charge < -0.3 is 15.2 Å². The second-order valence-electron chi connectivity index (χ2n) is 8.67. The number of nitrogens with one attached hydrogen (secondary N) is 2. The van der Waals surface area contributed by atoms with Gasteiger partial charge in [0.05, 0.1) is 6.54 Å². The highest BCUT2D eigenvalue weighted by Crippen LogP contribution is 2.20. The molecule has 0 spiro atoms. The van der Waals surface area contributed by atoms with E-state index in [1.54, 1.807) is 0 Å². The Balaban J connectivity index is 1.19. The smallest absolute Gasteiger partial charge is 0.238 e. The first-order valence-corrected chi connectivity index (χ1v) is 11.4. The van der Waals surface area contributed by atoms with Crippen LogP contribution in [0.2, 0.25) is 0 Å². The Bertz CT molecular complexity index is 1100. The minimum Gasteiger partial charge on any atom is -0.361 e. The molecule has 1 aromatic heterocycles. The Labute approximate surface area is 189 Å². The number of hydrogen-bond acceptors (Lipinski definition) is 3. The number of H-pyrrole nitrogens is 1. The number of hydrogen-bond donors (Lipinski definition) is 2. The summed E-state index contributed by atoms with van der Waals surface area (Å²) in [5.74, 6) is 0.210. The van der Waals surface area contributed by atoms with E-state index >= 15 is 0 Å². The Kier molecular flexibility index (Phi) is 6.90. The zero-order chi connectivity index (χ0) is 22.5. The summed E-state index contributed by atoms with van der Waals surface area (Å²) in [7, 11) is 0. The zero-order valence-electron chi connectivity index (χ0n) is 19.0. The predicted octanol–water partition coefficient (Wildman–Crippen LogP) is 3.89. The molecule has 2 heterocycles. The van der Waals surface area contributed by atoms with Crippen molar-refractivity contribution in [2.45, 2.75) is 33.1 Å². The molecule has 2 aromatic carbocycles. The van der Waals surface area contributed by atoms with Crippen molar-refractivity contribution in [3.63, 3.8) is 0 Å². The molecule has 6 nitrogen and oxygen atoms in total. The third-order valence-corrected chi connectivity index (χ3v) is 6.48. The van der Waals surface area contributed by atoms with E-state index in [1.807, 2.05) is 49.1 Å². The lowest BCUT2D eigenvalue weighted by Gasteiger charge is -2.34. The number of anilines is 1. The molecular formula is C26H32N4O2. The van der Waals surface area contributed by atoms with E-state index in [-0.39, 0.29) is 11.8 Å². The molecule has 168 valence electrons. The Morgan fingerprint density at radius 3 is 2.59 bits per heavy atom. The van der Waals surface area contributed by atoms with Crippen molar-refractivity contribution < 1.29 is 9.59 Å². The second-order valence-corrected chi connectivity index (χ2v) is 8.67. The fourth-order valence-corrected chi connectivity index (χ4v) is 4.36. The standard InChI is InChI=1S/C26H32N4O2/c1-19-7-5-11-23(20(19)2)28-25(31)18-29-13-15-30(16-14-29)26(32)12-6-8-21-17-27-24-10-4-3-9-22(21)24/h3-5,7,9-11,17,27H,6,8,12-16,18H2,1-2H3,(H,28,31). The lowest BCUT2D eigenvalue weighted by Crippen LogP contribution is -2.50. The quantitative estimate of drug-likeness (QED) is 0.595. The van der Waals surface area contributed by atoms with Gasteiger partial charge in [-0.25, -0.2) is 0 Å². The average molecular weight is 433 g/mol. The molecule has 2 amide bonds. The van der Waals surface area contributed by atoms with Gasteiger partial charge in [-0.2, -0.15) is 0 Å².